The van der Waals surface area contributed by atoms with E-state index in [0.717, 1.165) is 11.1 Å². The third kappa shape index (κ3) is 4.68. The summed E-state index contributed by atoms with van der Waals surface area (Å²) in [6, 6.07) is 13.2. The average Bonchev–Trinajstić information content (AvgIpc) is 3.45. The molecule has 0 aliphatic rings. The van der Waals surface area contributed by atoms with Gasteiger partial charge in [0, 0.05) is 17.5 Å². The van der Waals surface area contributed by atoms with Crippen LogP contribution in [-0.4, -0.2) is 27.4 Å². The van der Waals surface area contributed by atoms with Crippen molar-refractivity contribution < 1.29 is 9.21 Å². The summed E-state index contributed by atoms with van der Waals surface area (Å²) in [7, 11) is 0. The molecule has 7 nitrogen and oxygen atoms in total. The zero-order chi connectivity index (χ0) is 21.6. The van der Waals surface area contributed by atoms with Crippen LogP contribution in [0.5, 0.6) is 0 Å². The molecule has 0 saturated heterocycles. The predicted octanol–water partition coefficient (Wildman–Crippen LogP) is 4.15. The van der Waals surface area contributed by atoms with Gasteiger partial charge in [-0.15, -0.1) is 17.9 Å². The zero-order valence-corrected chi connectivity index (χ0v) is 18.0. The Kier molecular flexibility index (Phi) is 6.44. The third-order valence-electron chi connectivity index (χ3n) is 4.31. The number of nitrogens with zero attached hydrogens (tertiary/aromatic N) is 3. The standard InChI is InChI=1S/C22H18N4O3S2/c1-2-10-26-21(28)19-17(15-7-4-3-5-8-15)13-30-20(19)24-22(26)31-14-18(27)25-23-12-16-9-6-11-29-16/h2-9,11-13H,1,10,14H2,(H,25,27)/b23-12+. The number of thioether (sulfide) groups is 1. The smallest absolute Gasteiger partial charge is 0.263 e. The molecule has 3 heterocycles. The zero-order valence-electron chi connectivity index (χ0n) is 16.4. The fraction of sp³-hybridized carbons (Fsp3) is 0.0909. The molecule has 4 aromatic rings. The summed E-state index contributed by atoms with van der Waals surface area (Å²) in [5.74, 6) is 0.275. The van der Waals surface area contributed by atoms with Crippen LogP contribution in [0.25, 0.3) is 21.3 Å². The van der Waals surface area contributed by atoms with E-state index in [1.165, 1.54) is 35.6 Å². The number of aromatic nitrogens is 2. The van der Waals surface area contributed by atoms with Gasteiger partial charge in [0.1, 0.15) is 10.6 Å². The van der Waals surface area contributed by atoms with Crippen molar-refractivity contribution in [2.24, 2.45) is 5.10 Å². The fourth-order valence-corrected chi connectivity index (χ4v) is 4.72. The third-order valence-corrected chi connectivity index (χ3v) is 6.16. The summed E-state index contributed by atoms with van der Waals surface area (Å²) in [6.45, 7) is 4.04. The van der Waals surface area contributed by atoms with E-state index in [-0.39, 0.29) is 17.2 Å². The molecule has 3 aromatic heterocycles. The normalized spacial score (nSPS) is 11.2. The van der Waals surface area contributed by atoms with Gasteiger partial charge in [0.05, 0.1) is 23.6 Å². The Labute approximate surface area is 186 Å². The van der Waals surface area contributed by atoms with Crippen LogP contribution in [0.15, 0.2) is 86.2 Å². The Hall–Kier alpha value is -3.43. The lowest BCUT2D eigenvalue weighted by atomic mass is 10.1. The molecule has 1 amide bonds. The van der Waals surface area contributed by atoms with E-state index < -0.39 is 0 Å². The molecule has 31 heavy (non-hydrogen) atoms. The molecule has 0 unspecified atom stereocenters. The van der Waals surface area contributed by atoms with Gasteiger partial charge in [0.15, 0.2) is 5.16 Å². The fourth-order valence-electron chi connectivity index (χ4n) is 2.93. The number of rotatable bonds is 8. The van der Waals surface area contributed by atoms with Crippen molar-refractivity contribution in [1.29, 1.82) is 0 Å². The summed E-state index contributed by atoms with van der Waals surface area (Å²) < 4.78 is 6.65. The van der Waals surface area contributed by atoms with Crippen LogP contribution in [0.1, 0.15) is 5.76 Å². The number of nitrogens with one attached hydrogen (secondary N) is 1. The average molecular weight is 451 g/mol. The van der Waals surface area contributed by atoms with Crippen LogP contribution in [0.2, 0.25) is 0 Å². The minimum Gasteiger partial charge on any atom is -0.463 e. The van der Waals surface area contributed by atoms with Crippen molar-refractivity contribution in [1.82, 2.24) is 15.0 Å². The maximum absolute atomic E-state index is 13.3. The van der Waals surface area contributed by atoms with Crippen LogP contribution < -0.4 is 11.0 Å². The number of hydrogen-bond donors (Lipinski definition) is 1. The Morgan fingerprint density at radius 1 is 1.29 bits per heavy atom. The highest BCUT2D eigenvalue weighted by atomic mass is 32.2. The predicted molar refractivity (Wildman–Crippen MR) is 125 cm³/mol. The van der Waals surface area contributed by atoms with E-state index in [9.17, 15) is 9.59 Å². The highest BCUT2D eigenvalue weighted by Gasteiger charge is 2.17. The lowest BCUT2D eigenvalue weighted by Crippen LogP contribution is -2.24. The number of fused-ring (bicyclic) bond motifs is 1. The Bertz CT molecular complexity index is 1290. The number of benzene rings is 1. The van der Waals surface area contributed by atoms with Gasteiger partial charge in [-0.05, 0) is 17.7 Å². The largest absolute Gasteiger partial charge is 0.463 e. The molecule has 0 bridgehead atoms. The van der Waals surface area contributed by atoms with E-state index in [4.69, 9.17) is 4.42 Å². The first-order valence-electron chi connectivity index (χ1n) is 9.34. The maximum atomic E-state index is 13.3. The molecule has 1 aromatic carbocycles. The number of hydrogen-bond acceptors (Lipinski definition) is 7. The lowest BCUT2D eigenvalue weighted by Gasteiger charge is -2.10. The molecule has 0 aliphatic carbocycles. The van der Waals surface area contributed by atoms with Crippen molar-refractivity contribution in [3.05, 3.63) is 82.9 Å². The Balaban J connectivity index is 1.57. The molecule has 0 aliphatic heterocycles. The molecule has 0 fully saturated rings. The summed E-state index contributed by atoms with van der Waals surface area (Å²) in [6.07, 6.45) is 4.58. The van der Waals surface area contributed by atoms with Crippen LogP contribution in [0.4, 0.5) is 0 Å². The Morgan fingerprint density at radius 2 is 2.13 bits per heavy atom. The van der Waals surface area contributed by atoms with E-state index in [1.807, 2.05) is 35.7 Å². The molecule has 0 radical (unpaired) electrons. The SMILES string of the molecule is C=CCn1c(SCC(=O)N/N=C/c2ccco2)nc2scc(-c3ccccc3)c2c1=O. The monoisotopic (exact) mass is 450 g/mol. The first-order chi connectivity index (χ1) is 15.2. The molecule has 0 spiro atoms. The van der Waals surface area contributed by atoms with Gasteiger partial charge in [-0.2, -0.15) is 5.10 Å². The number of carbonyl (C=O) groups is 1. The van der Waals surface area contributed by atoms with Crippen LogP contribution in [0, 0.1) is 0 Å². The summed E-state index contributed by atoms with van der Waals surface area (Å²) >= 11 is 2.59. The molecule has 0 atom stereocenters. The van der Waals surface area contributed by atoms with Gasteiger partial charge < -0.3 is 4.42 Å². The first-order valence-corrected chi connectivity index (χ1v) is 11.2. The van der Waals surface area contributed by atoms with Crippen molar-refractivity contribution in [3.8, 4) is 11.1 Å². The van der Waals surface area contributed by atoms with E-state index in [1.54, 1.807) is 22.8 Å². The topological polar surface area (TPSA) is 89.5 Å². The van der Waals surface area contributed by atoms with Gasteiger partial charge in [-0.3, -0.25) is 14.2 Å². The molecule has 4 rings (SSSR count). The molecule has 156 valence electrons. The number of furan rings is 1. The van der Waals surface area contributed by atoms with E-state index >= 15 is 0 Å². The second-order valence-corrected chi connectivity index (χ2v) is 8.19. The van der Waals surface area contributed by atoms with Gasteiger partial charge in [-0.1, -0.05) is 48.2 Å². The number of hydrazone groups is 1. The number of thiophene rings is 1. The Morgan fingerprint density at radius 3 is 2.87 bits per heavy atom. The highest BCUT2D eigenvalue weighted by molar-refractivity contribution is 7.99. The van der Waals surface area contributed by atoms with Crippen molar-refractivity contribution in [3.63, 3.8) is 0 Å². The van der Waals surface area contributed by atoms with Gasteiger partial charge in [0.25, 0.3) is 11.5 Å². The van der Waals surface area contributed by atoms with Crippen molar-refractivity contribution in [2.45, 2.75) is 11.7 Å². The number of allylic oxidation sites excluding steroid dienone is 1. The van der Waals surface area contributed by atoms with E-state index in [0.29, 0.717) is 27.7 Å². The number of amides is 1. The highest BCUT2D eigenvalue weighted by Crippen LogP contribution is 2.32. The number of carbonyl (C=O) groups excluding carboxylic acids is 1. The van der Waals surface area contributed by atoms with Gasteiger partial charge in [-0.25, -0.2) is 10.4 Å². The minimum absolute atomic E-state index is 0.0570. The first kappa shape index (κ1) is 20.8. The van der Waals surface area contributed by atoms with E-state index in [2.05, 4.69) is 22.1 Å². The summed E-state index contributed by atoms with van der Waals surface area (Å²) in [5.41, 5.74) is 4.11. The van der Waals surface area contributed by atoms with Crippen molar-refractivity contribution in [2.75, 3.05) is 5.75 Å². The minimum atomic E-state index is -0.316. The van der Waals surface area contributed by atoms with Crippen LogP contribution in [0.3, 0.4) is 0 Å². The summed E-state index contributed by atoms with van der Waals surface area (Å²) in [4.78, 5) is 30.7. The molecular weight excluding hydrogens is 432 g/mol. The van der Waals surface area contributed by atoms with Crippen LogP contribution in [-0.2, 0) is 11.3 Å². The molecule has 1 N–H and O–H groups in total. The molecule has 0 saturated carbocycles. The van der Waals surface area contributed by atoms with Gasteiger partial charge >= 0.3 is 0 Å². The quantitative estimate of drug-likeness (QED) is 0.143. The van der Waals surface area contributed by atoms with Gasteiger partial charge in [0.2, 0.25) is 0 Å². The second kappa shape index (κ2) is 9.59. The second-order valence-electron chi connectivity index (χ2n) is 6.39. The lowest BCUT2D eigenvalue weighted by molar-refractivity contribution is -0.118. The maximum Gasteiger partial charge on any atom is 0.263 e. The summed E-state index contributed by atoms with van der Waals surface area (Å²) in [5, 5.41) is 6.84. The molecular formula is C22H18N4O3S2. The van der Waals surface area contributed by atoms with Crippen LogP contribution >= 0.6 is 23.1 Å². The van der Waals surface area contributed by atoms with Crippen molar-refractivity contribution >= 4 is 45.4 Å². The molecule has 9 heteroatoms.